The van der Waals surface area contributed by atoms with Gasteiger partial charge in [0.1, 0.15) is 6.04 Å². The molecule has 0 unspecified atom stereocenters. The molecule has 0 aliphatic heterocycles. The maximum atomic E-state index is 12.5. The van der Waals surface area contributed by atoms with E-state index in [2.05, 4.69) is 5.32 Å². The molecular weight excluding hydrogens is 374 g/mol. The molecule has 5 heteroatoms. The first-order valence-corrected chi connectivity index (χ1v) is 9.24. The Labute approximate surface area is 169 Å². The third kappa shape index (κ3) is 4.78. The van der Waals surface area contributed by atoms with Gasteiger partial charge in [-0.1, -0.05) is 78.3 Å². The molecule has 3 rings (SSSR count). The zero-order valence-corrected chi connectivity index (χ0v) is 16.1. The fraction of sp³-hybridized carbons (Fsp3) is 0.130. The van der Waals surface area contributed by atoms with Gasteiger partial charge in [0, 0.05) is 6.42 Å². The van der Waals surface area contributed by atoms with Crippen LogP contribution >= 0.6 is 11.6 Å². The lowest BCUT2D eigenvalue weighted by Crippen LogP contribution is -2.43. The average Bonchev–Trinajstić information content (AvgIpc) is 2.74. The SMILES string of the molecule is COC(=O)[C@H](Cc1ccc(-c2ccccc2)cc1)NC(=O)c1ccccc1Cl. The smallest absolute Gasteiger partial charge is 0.328 e. The first kappa shape index (κ1) is 19.6. The Kier molecular flexibility index (Phi) is 6.45. The molecule has 142 valence electrons. The number of benzene rings is 3. The van der Waals surface area contributed by atoms with Gasteiger partial charge in [0.15, 0.2) is 0 Å². The van der Waals surface area contributed by atoms with Gasteiger partial charge in [-0.05, 0) is 28.8 Å². The van der Waals surface area contributed by atoms with E-state index in [-0.39, 0.29) is 0 Å². The molecule has 0 fully saturated rings. The molecule has 0 aromatic heterocycles. The second-order valence-corrected chi connectivity index (χ2v) is 6.70. The molecule has 0 bridgehead atoms. The predicted molar refractivity (Wildman–Crippen MR) is 110 cm³/mol. The minimum absolute atomic E-state index is 0.317. The highest BCUT2D eigenvalue weighted by molar-refractivity contribution is 6.33. The number of carbonyl (C=O) groups is 2. The number of nitrogens with one attached hydrogen (secondary N) is 1. The molecule has 0 heterocycles. The summed E-state index contributed by atoms with van der Waals surface area (Å²) in [6, 6.07) is 23.8. The van der Waals surface area contributed by atoms with Gasteiger partial charge in [-0.15, -0.1) is 0 Å². The standard InChI is InChI=1S/C23H20ClNO3/c1-28-23(27)21(25-22(26)19-9-5-6-10-20(19)24)15-16-11-13-18(14-12-16)17-7-3-2-4-8-17/h2-14,21H,15H2,1H3,(H,25,26)/t21-/m0/s1. The molecule has 0 aliphatic carbocycles. The van der Waals surface area contributed by atoms with E-state index >= 15 is 0 Å². The lowest BCUT2D eigenvalue weighted by atomic mass is 10.0. The normalized spacial score (nSPS) is 11.5. The van der Waals surface area contributed by atoms with Crippen molar-refractivity contribution in [3.05, 3.63) is 95.0 Å². The Morgan fingerprint density at radius 2 is 1.50 bits per heavy atom. The van der Waals surface area contributed by atoms with E-state index < -0.39 is 17.9 Å². The number of rotatable bonds is 6. The van der Waals surface area contributed by atoms with Gasteiger partial charge in [-0.2, -0.15) is 0 Å². The van der Waals surface area contributed by atoms with Crippen LogP contribution in [0.5, 0.6) is 0 Å². The Morgan fingerprint density at radius 3 is 2.14 bits per heavy atom. The summed E-state index contributed by atoms with van der Waals surface area (Å²) in [6.07, 6.45) is 0.317. The van der Waals surface area contributed by atoms with Gasteiger partial charge in [-0.25, -0.2) is 4.79 Å². The van der Waals surface area contributed by atoms with E-state index in [0.29, 0.717) is 17.0 Å². The summed E-state index contributed by atoms with van der Waals surface area (Å²) in [6.45, 7) is 0. The fourth-order valence-electron chi connectivity index (χ4n) is 2.92. The molecular formula is C23H20ClNO3. The largest absolute Gasteiger partial charge is 0.467 e. The summed E-state index contributed by atoms with van der Waals surface area (Å²) in [5.41, 5.74) is 3.43. The zero-order chi connectivity index (χ0) is 19.9. The summed E-state index contributed by atoms with van der Waals surface area (Å²) >= 11 is 6.07. The van der Waals surface area contributed by atoms with Crippen LogP contribution in [-0.2, 0) is 16.0 Å². The van der Waals surface area contributed by atoms with E-state index in [1.807, 2.05) is 54.6 Å². The van der Waals surface area contributed by atoms with Crippen molar-refractivity contribution >= 4 is 23.5 Å². The molecule has 0 radical (unpaired) electrons. The molecule has 28 heavy (non-hydrogen) atoms. The van der Waals surface area contributed by atoms with Crippen LogP contribution in [0.1, 0.15) is 15.9 Å². The number of carbonyl (C=O) groups excluding carboxylic acids is 2. The Hall–Kier alpha value is -3.11. The summed E-state index contributed by atoms with van der Waals surface area (Å²) in [5, 5.41) is 3.05. The van der Waals surface area contributed by atoms with E-state index in [9.17, 15) is 9.59 Å². The van der Waals surface area contributed by atoms with Crippen molar-refractivity contribution in [2.75, 3.05) is 7.11 Å². The molecule has 0 aliphatic rings. The number of esters is 1. The van der Waals surface area contributed by atoms with Crippen molar-refractivity contribution in [3.8, 4) is 11.1 Å². The van der Waals surface area contributed by atoms with Crippen molar-refractivity contribution in [1.82, 2.24) is 5.32 Å². The molecule has 1 amide bonds. The van der Waals surface area contributed by atoms with E-state index in [4.69, 9.17) is 16.3 Å². The first-order valence-electron chi connectivity index (χ1n) is 8.86. The number of amides is 1. The van der Waals surface area contributed by atoms with Crippen molar-refractivity contribution in [3.63, 3.8) is 0 Å². The Balaban J connectivity index is 1.75. The van der Waals surface area contributed by atoms with Gasteiger partial charge in [-0.3, -0.25) is 4.79 Å². The summed E-state index contributed by atoms with van der Waals surface area (Å²) in [4.78, 5) is 24.7. The van der Waals surface area contributed by atoms with Crippen LogP contribution in [0.4, 0.5) is 0 Å². The zero-order valence-electron chi connectivity index (χ0n) is 15.4. The quantitative estimate of drug-likeness (QED) is 0.626. The number of hydrogen-bond acceptors (Lipinski definition) is 3. The lowest BCUT2D eigenvalue weighted by Gasteiger charge is -2.17. The van der Waals surface area contributed by atoms with Crippen LogP contribution in [0.2, 0.25) is 5.02 Å². The molecule has 1 N–H and O–H groups in total. The monoisotopic (exact) mass is 393 g/mol. The Bertz CT molecular complexity index is 955. The molecule has 4 nitrogen and oxygen atoms in total. The highest BCUT2D eigenvalue weighted by atomic mass is 35.5. The maximum absolute atomic E-state index is 12.5. The molecule has 1 atom stereocenters. The number of methoxy groups -OCH3 is 1. The second-order valence-electron chi connectivity index (χ2n) is 6.30. The van der Waals surface area contributed by atoms with Crippen LogP contribution in [0.3, 0.4) is 0 Å². The van der Waals surface area contributed by atoms with Crippen LogP contribution in [0.15, 0.2) is 78.9 Å². The third-order valence-electron chi connectivity index (χ3n) is 4.41. The van der Waals surface area contributed by atoms with Gasteiger partial charge >= 0.3 is 5.97 Å². The van der Waals surface area contributed by atoms with Gasteiger partial charge in [0.25, 0.3) is 5.91 Å². The fourth-order valence-corrected chi connectivity index (χ4v) is 3.14. The summed E-state index contributed by atoms with van der Waals surface area (Å²) in [5.74, 6) is -0.922. The molecule has 0 spiro atoms. The van der Waals surface area contributed by atoms with Crippen molar-refractivity contribution < 1.29 is 14.3 Å². The van der Waals surface area contributed by atoms with Gasteiger partial charge in [0.05, 0.1) is 17.7 Å². The van der Waals surface area contributed by atoms with Crippen LogP contribution in [0, 0.1) is 0 Å². The topological polar surface area (TPSA) is 55.4 Å². The van der Waals surface area contributed by atoms with Crippen molar-refractivity contribution in [2.24, 2.45) is 0 Å². The van der Waals surface area contributed by atoms with Crippen LogP contribution < -0.4 is 5.32 Å². The lowest BCUT2D eigenvalue weighted by molar-refractivity contribution is -0.142. The summed E-state index contributed by atoms with van der Waals surface area (Å²) in [7, 11) is 1.30. The van der Waals surface area contributed by atoms with Crippen molar-refractivity contribution in [2.45, 2.75) is 12.5 Å². The number of hydrogen-bond donors (Lipinski definition) is 1. The number of ether oxygens (including phenoxy) is 1. The minimum atomic E-state index is -0.809. The maximum Gasteiger partial charge on any atom is 0.328 e. The molecule has 0 saturated carbocycles. The van der Waals surface area contributed by atoms with E-state index in [1.165, 1.54) is 7.11 Å². The van der Waals surface area contributed by atoms with Crippen LogP contribution in [0.25, 0.3) is 11.1 Å². The molecule has 3 aromatic carbocycles. The third-order valence-corrected chi connectivity index (χ3v) is 4.74. The average molecular weight is 394 g/mol. The first-order chi connectivity index (χ1) is 13.6. The van der Waals surface area contributed by atoms with Crippen molar-refractivity contribution in [1.29, 1.82) is 0 Å². The Morgan fingerprint density at radius 1 is 0.893 bits per heavy atom. The van der Waals surface area contributed by atoms with Gasteiger partial charge < -0.3 is 10.1 Å². The summed E-state index contributed by atoms with van der Waals surface area (Å²) < 4.78 is 4.86. The highest BCUT2D eigenvalue weighted by Crippen LogP contribution is 2.20. The molecule has 3 aromatic rings. The second kappa shape index (κ2) is 9.20. The molecule has 0 saturated heterocycles. The van der Waals surface area contributed by atoms with E-state index in [0.717, 1.165) is 16.7 Å². The minimum Gasteiger partial charge on any atom is -0.467 e. The predicted octanol–water partition coefficient (Wildman–Crippen LogP) is 4.52. The highest BCUT2D eigenvalue weighted by Gasteiger charge is 2.23. The number of halogens is 1. The van der Waals surface area contributed by atoms with E-state index in [1.54, 1.807) is 24.3 Å². The van der Waals surface area contributed by atoms with Crippen LogP contribution in [-0.4, -0.2) is 25.0 Å². The van der Waals surface area contributed by atoms with Gasteiger partial charge in [0.2, 0.25) is 0 Å².